The summed E-state index contributed by atoms with van der Waals surface area (Å²) in [6.45, 7) is 8.21. The Hall–Kier alpha value is -1.27. The molecule has 26 heavy (non-hydrogen) atoms. The molecule has 2 atom stereocenters. The quantitative estimate of drug-likeness (QED) is 0.609. The van der Waals surface area contributed by atoms with Gasteiger partial charge in [-0.1, -0.05) is 0 Å². The van der Waals surface area contributed by atoms with Crippen LogP contribution in [0.15, 0.2) is 0 Å². The summed E-state index contributed by atoms with van der Waals surface area (Å²) in [5, 5.41) is 4.74. The fraction of sp³-hybridized carbons (Fsp3) is 0.867. The SMILES string of the molecule is CCNC(=O)NC(=O)CN1CCN(S(=O)(=O)N2CC(C)OC(C)C2)CC1. The molecule has 0 spiro atoms. The second-order valence-corrected chi connectivity index (χ2v) is 8.59. The Morgan fingerprint density at radius 3 is 2.15 bits per heavy atom. The number of imide groups is 1. The molecule has 2 aliphatic heterocycles. The van der Waals surface area contributed by atoms with E-state index in [1.54, 1.807) is 6.92 Å². The largest absolute Gasteiger partial charge is 0.373 e. The number of nitrogens with zero attached hydrogens (tertiary/aromatic N) is 3. The molecule has 0 aromatic heterocycles. The van der Waals surface area contributed by atoms with Crippen molar-refractivity contribution in [2.45, 2.75) is 33.0 Å². The Balaban J connectivity index is 1.83. The number of piperazine rings is 1. The molecule has 2 fully saturated rings. The van der Waals surface area contributed by atoms with Gasteiger partial charge in [-0.2, -0.15) is 17.0 Å². The van der Waals surface area contributed by atoms with Gasteiger partial charge in [0.25, 0.3) is 10.2 Å². The van der Waals surface area contributed by atoms with E-state index in [1.807, 2.05) is 18.7 Å². The van der Waals surface area contributed by atoms with Crippen molar-refractivity contribution < 1.29 is 22.7 Å². The number of urea groups is 1. The van der Waals surface area contributed by atoms with Crippen LogP contribution in [-0.4, -0.2) is 98.4 Å². The van der Waals surface area contributed by atoms with E-state index in [1.165, 1.54) is 8.61 Å². The van der Waals surface area contributed by atoms with E-state index in [2.05, 4.69) is 10.6 Å². The number of hydrogen-bond acceptors (Lipinski definition) is 6. The smallest absolute Gasteiger partial charge is 0.321 e. The lowest BCUT2D eigenvalue weighted by Crippen LogP contribution is -2.58. The molecule has 2 heterocycles. The molecule has 0 aromatic rings. The zero-order valence-corrected chi connectivity index (χ0v) is 16.4. The Labute approximate surface area is 155 Å². The summed E-state index contributed by atoms with van der Waals surface area (Å²) in [5.74, 6) is -0.400. The predicted octanol–water partition coefficient (Wildman–Crippen LogP) is -1.20. The lowest BCUT2D eigenvalue weighted by Gasteiger charge is -2.40. The van der Waals surface area contributed by atoms with Gasteiger partial charge in [0.1, 0.15) is 0 Å². The number of hydrogen-bond donors (Lipinski definition) is 2. The summed E-state index contributed by atoms with van der Waals surface area (Å²) in [5.41, 5.74) is 0. The summed E-state index contributed by atoms with van der Waals surface area (Å²) in [6, 6.07) is -0.519. The second kappa shape index (κ2) is 9.09. The molecule has 0 bridgehead atoms. The molecule has 2 aliphatic rings. The van der Waals surface area contributed by atoms with E-state index in [9.17, 15) is 18.0 Å². The molecule has 10 nitrogen and oxygen atoms in total. The number of morpholine rings is 1. The molecular weight excluding hydrogens is 362 g/mol. The van der Waals surface area contributed by atoms with Crippen LogP contribution in [0.2, 0.25) is 0 Å². The third-order valence-corrected chi connectivity index (χ3v) is 6.30. The maximum Gasteiger partial charge on any atom is 0.321 e. The average molecular weight is 391 g/mol. The summed E-state index contributed by atoms with van der Waals surface area (Å²) in [4.78, 5) is 25.0. The first-order chi connectivity index (χ1) is 12.2. The molecule has 0 saturated carbocycles. The average Bonchev–Trinajstić information content (AvgIpc) is 2.54. The number of nitrogens with one attached hydrogen (secondary N) is 2. The van der Waals surface area contributed by atoms with Gasteiger partial charge in [-0.15, -0.1) is 0 Å². The highest BCUT2D eigenvalue weighted by Crippen LogP contribution is 2.18. The van der Waals surface area contributed by atoms with Crippen molar-refractivity contribution in [3.63, 3.8) is 0 Å². The Morgan fingerprint density at radius 1 is 1.04 bits per heavy atom. The molecule has 0 aliphatic carbocycles. The molecule has 150 valence electrons. The molecule has 2 unspecified atom stereocenters. The van der Waals surface area contributed by atoms with Crippen molar-refractivity contribution >= 4 is 22.1 Å². The van der Waals surface area contributed by atoms with Gasteiger partial charge >= 0.3 is 6.03 Å². The third kappa shape index (κ3) is 5.61. The first-order valence-electron chi connectivity index (χ1n) is 8.93. The zero-order chi connectivity index (χ0) is 19.3. The summed E-state index contributed by atoms with van der Waals surface area (Å²) in [7, 11) is -3.53. The molecule has 0 aromatic carbocycles. The van der Waals surface area contributed by atoms with Crippen molar-refractivity contribution in [3.8, 4) is 0 Å². The first-order valence-corrected chi connectivity index (χ1v) is 10.3. The van der Waals surface area contributed by atoms with Gasteiger partial charge in [0, 0.05) is 45.8 Å². The van der Waals surface area contributed by atoms with Gasteiger partial charge < -0.3 is 10.1 Å². The van der Waals surface area contributed by atoms with E-state index in [4.69, 9.17) is 4.74 Å². The highest BCUT2D eigenvalue weighted by molar-refractivity contribution is 7.86. The van der Waals surface area contributed by atoms with Crippen molar-refractivity contribution in [1.29, 1.82) is 0 Å². The summed E-state index contributed by atoms with van der Waals surface area (Å²) in [6.07, 6.45) is -0.263. The Bertz CT molecular complexity index is 596. The van der Waals surface area contributed by atoms with Crippen molar-refractivity contribution in [2.75, 3.05) is 52.4 Å². The van der Waals surface area contributed by atoms with Gasteiger partial charge in [-0.25, -0.2) is 4.79 Å². The molecule has 2 rings (SSSR count). The number of ether oxygens (including phenoxy) is 1. The van der Waals surface area contributed by atoms with Gasteiger partial charge in [0.05, 0.1) is 18.8 Å². The molecule has 2 saturated heterocycles. The zero-order valence-electron chi connectivity index (χ0n) is 15.6. The topological polar surface area (TPSA) is 111 Å². The fourth-order valence-corrected chi connectivity index (χ4v) is 4.92. The Morgan fingerprint density at radius 2 is 1.62 bits per heavy atom. The normalized spacial score (nSPS) is 26.4. The monoisotopic (exact) mass is 391 g/mol. The molecule has 2 N–H and O–H groups in total. The lowest BCUT2D eigenvalue weighted by molar-refractivity contribution is -0.121. The highest BCUT2D eigenvalue weighted by atomic mass is 32.2. The molecule has 0 radical (unpaired) electrons. The number of carbonyl (C=O) groups is 2. The van der Waals surface area contributed by atoms with Gasteiger partial charge in [-0.05, 0) is 20.8 Å². The van der Waals surface area contributed by atoms with Crippen molar-refractivity contribution in [3.05, 3.63) is 0 Å². The number of rotatable bonds is 5. The molecular formula is C15H29N5O5S. The predicted molar refractivity (Wildman–Crippen MR) is 95.7 cm³/mol. The van der Waals surface area contributed by atoms with Crippen LogP contribution in [-0.2, 0) is 19.7 Å². The van der Waals surface area contributed by atoms with Crippen molar-refractivity contribution in [2.24, 2.45) is 0 Å². The van der Waals surface area contributed by atoms with Crippen molar-refractivity contribution in [1.82, 2.24) is 24.1 Å². The van der Waals surface area contributed by atoms with Crippen LogP contribution in [0.5, 0.6) is 0 Å². The van der Waals surface area contributed by atoms with Gasteiger partial charge in [-0.3, -0.25) is 15.0 Å². The first kappa shape index (κ1) is 21.0. The van der Waals surface area contributed by atoms with Crippen LogP contribution in [0.1, 0.15) is 20.8 Å². The van der Waals surface area contributed by atoms with Crippen LogP contribution < -0.4 is 10.6 Å². The Kier molecular flexibility index (Phi) is 7.35. The minimum atomic E-state index is -3.53. The van der Waals surface area contributed by atoms with Crippen LogP contribution in [0.3, 0.4) is 0 Å². The maximum absolute atomic E-state index is 12.8. The van der Waals surface area contributed by atoms with E-state index >= 15 is 0 Å². The summed E-state index contributed by atoms with van der Waals surface area (Å²) < 4.78 is 34.2. The number of carbonyl (C=O) groups excluding carboxylic acids is 2. The van der Waals surface area contributed by atoms with E-state index in [0.717, 1.165) is 0 Å². The highest BCUT2D eigenvalue weighted by Gasteiger charge is 2.36. The van der Waals surface area contributed by atoms with E-state index in [0.29, 0.717) is 45.8 Å². The van der Waals surface area contributed by atoms with Crippen LogP contribution in [0.4, 0.5) is 4.79 Å². The summed E-state index contributed by atoms with van der Waals surface area (Å²) >= 11 is 0. The van der Waals surface area contributed by atoms with Crippen LogP contribution in [0.25, 0.3) is 0 Å². The van der Waals surface area contributed by atoms with E-state index in [-0.39, 0.29) is 18.8 Å². The second-order valence-electron chi connectivity index (χ2n) is 6.66. The standard InChI is InChI=1S/C15H29N5O5S/c1-4-16-15(22)17-14(21)11-18-5-7-19(8-6-18)26(23,24)20-9-12(2)25-13(3)10-20/h12-13H,4-11H2,1-3H3,(H2,16,17,21,22). The van der Waals surface area contributed by atoms with Crippen LogP contribution in [0, 0.1) is 0 Å². The van der Waals surface area contributed by atoms with Crippen LogP contribution >= 0.6 is 0 Å². The molecule has 11 heteroatoms. The maximum atomic E-state index is 12.8. The fourth-order valence-electron chi connectivity index (χ4n) is 3.17. The van der Waals surface area contributed by atoms with Gasteiger partial charge in [0.2, 0.25) is 5.91 Å². The number of amides is 3. The lowest BCUT2D eigenvalue weighted by atomic mass is 10.3. The third-order valence-electron chi connectivity index (χ3n) is 4.33. The minimum absolute atomic E-state index is 0.0661. The van der Waals surface area contributed by atoms with Gasteiger partial charge in [0.15, 0.2) is 0 Å². The molecule has 3 amide bonds. The van der Waals surface area contributed by atoms with E-state index < -0.39 is 22.1 Å². The minimum Gasteiger partial charge on any atom is -0.373 e.